The van der Waals surface area contributed by atoms with Gasteiger partial charge in [0.1, 0.15) is 5.69 Å². The van der Waals surface area contributed by atoms with Crippen molar-refractivity contribution in [2.45, 2.75) is 51.2 Å². The number of nitro groups is 1. The van der Waals surface area contributed by atoms with Crippen molar-refractivity contribution >= 4 is 17.3 Å². The van der Waals surface area contributed by atoms with Crippen molar-refractivity contribution < 1.29 is 27.8 Å². The molecule has 2 rings (SSSR count). The number of hydrogen-bond donors (Lipinski definition) is 3. The number of rotatable bonds is 9. The molecule has 1 aliphatic heterocycles. The molecule has 1 saturated heterocycles. The third-order valence-corrected chi connectivity index (χ3v) is 5.27. The fourth-order valence-corrected chi connectivity index (χ4v) is 3.58. The van der Waals surface area contributed by atoms with Crippen LogP contribution >= 0.6 is 0 Å². The maximum absolute atomic E-state index is 12.7. The molecule has 7 nitrogen and oxygen atoms in total. The van der Waals surface area contributed by atoms with Crippen LogP contribution in [0.25, 0.3) is 0 Å². The zero-order valence-electron chi connectivity index (χ0n) is 16.5. The molecular formula is C19H28F3N4O3+. The summed E-state index contributed by atoms with van der Waals surface area (Å²) >= 11 is 0. The minimum Gasteiger partial charge on any atom is -0.379 e. The molecule has 1 aliphatic rings. The molecule has 0 aromatic heterocycles. The van der Waals surface area contributed by atoms with Crippen LogP contribution in [-0.4, -0.2) is 43.1 Å². The van der Waals surface area contributed by atoms with E-state index in [0.29, 0.717) is 18.7 Å². The highest BCUT2D eigenvalue weighted by atomic mass is 19.4. The molecule has 1 aromatic rings. The standard InChI is InChI=1S/C19H27F3N4O3/c1-14-5-2-3-11-25(14)12-4-9-24-18(27)8-10-23-16-7-6-15(19(20,21)22)13-17(16)26(28)29/h6-7,13-14,23H,2-5,8-12H2,1H3,(H,24,27)/p+1/t14-/m0/s1. The lowest BCUT2D eigenvalue weighted by atomic mass is 10.0. The average Bonchev–Trinajstić information content (AvgIpc) is 2.65. The number of carbonyl (C=O) groups is 1. The van der Waals surface area contributed by atoms with Crippen LogP contribution < -0.4 is 15.5 Å². The van der Waals surface area contributed by atoms with E-state index < -0.39 is 22.4 Å². The van der Waals surface area contributed by atoms with Crippen LogP contribution in [0, 0.1) is 10.1 Å². The summed E-state index contributed by atoms with van der Waals surface area (Å²) in [6.45, 7) is 5.09. The van der Waals surface area contributed by atoms with Gasteiger partial charge in [-0.05, 0) is 38.3 Å². The molecule has 0 saturated carbocycles. The Morgan fingerprint density at radius 2 is 2.07 bits per heavy atom. The van der Waals surface area contributed by atoms with Gasteiger partial charge in [0.2, 0.25) is 5.91 Å². The number of likely N-dealkylation sites (tertiary alicyclic amines) is 1. The van der Waals surface area contributed by atoms with E-state index >= 15 is 0 Å². The van der Waals surface area contributed by atoms with Crippen molar-refractivity contribution in [3.8, 4) is 0 Å². The maximum atomic E-state index is 12.7. The molecule has 1 aromatic carbocycles. The first-order chi connectivity index (χ1) is 13.7. The van der Waals surface area contributed by atoms with Gasteiger partial charge in [-0.15, -0.1) is 0 Å². The molecule has 1 fully saturated rings. The summed E-state index contributed by atoms with van der Waals surface area (Å²) in [4.78, 5) is 23.7. The normalized spacial score (nSPS) is 19.6. The Hall–Kier alpha value is -2.36. The molecule has 162 valence electrons. The molecule has 29 heavy (non-hydrogen) atoms. The summed E-state index contributed by atoms with van der Waals surface area (Å²) in [5.41, 5.74) is -1.80. The van der Waals surface area contributed by atoms with Crippen LogP contribution in [0.2, 0.25) is 0 Å². The molecule has 10 heteroatoms. The van der Waals surface area contributed by atoms with E-state index in [4.69, 9.17) is 0 Å². The number of piperidine rings is 1. The Labute approximate surface area is 167 Å². The van der Waals surface area contributed by atoms with Crippen molar-refractivity contribution in [2.24, 2.45) is 0 Å². The van der Waals surface area contributed by atoms with Crippen LogP contribution in [0.4, 0.5) is 24.5 Å². The van der Waals surface area contributed by atoms with E-state index in [1.165, 1.54) is 25.8 Å². The van der Waals surface area contributed by atoms with Gasteiger partial charge >= 0.3 is 6.18 Å². The molecule has 2 atom stereocenters. The fraction of sp³-hybridized carbons (Fsp3) is 0.632. The number of hydrogen-bond acceptors (Lipinski definition) is 4. The monoisotopic (exact) mass is 417 g/mol. The Morgan fingerprint density at radius 1 is 1.31 bits per heavy atom. The summed E-state index contributed by atoms with van der Waals surface area (Å²) in [5.74, 6) is -0.200. The number of anilines is 1. The number of nitro benzene ring substituents is 1. The van der Waals surface area contributed by atoms with E-state index in [2.05, 4.69) is 17.6 Å². The highest BCUT2D eigenvalue weighted by Crippen LogP contribution is 2.34. The zero-order chi connectivity index (χ0) is 21.4. The van der Waals surface area contributed by atoms with Crippen molar-refractivity contribution in [1.82, 2.24) is 5.32 Å². The third kappa shape index (κ3) is 7.19. The number of benzene rings is 1. The fourth-order valence-electron chi connectivity index (χ4n) is 3.58. The summed E-state index contributed by atoms with van der Waals surface area (Å²) in [5, 5.41) is 16.5. The Bertz CT molecular complexity index is 712. The predicted octanol–water partition coefficient (Wildman–Crippen LogP) is 2.38. The van der Waals surface area contributed by atoms with Gasteiger partial charge in [0, 0.05) is 32.0 Å². The molecule has 1 heterocycles. The molecular weight excluding hydrogens is 389 g/mol. The second-order valence-electron chi connectivity index (χ2n) is 7.42. The predicted molar refractivity (Wildman–Crippen MR) is 103 cm³/mol. The first kappa shape index (κ1) is 22.9. The topological polar surface area (TPSA) is 88.7 Å². The van der Waals surface area contributed by atoms with Gasteiger partial charge < -0.3 is 15.5 Å². The second-order valence-corrected chi connectivity index (χ2v) is 7.42. The van der Waals surface area contributed by atoms with Crippen LogP contribution in [-0.2, 0) is 11.0 Å². The molecule has 1 unspecified atom stereocenters. The van der Waals surface area contributed by atoms with Gasteiger partial charge in [0.05, 0.1) is 29.6 Å². The lowest BCUT2D eigenvalue weighted by Crippen LogP contribution is -3.16. The quantitative estimate of drug-likeness (QED) is 0.327. The Kier molecular flexibility index (Phi) is 8.24. The van der Waals surface area contributed by atoms with Gasteiger partial charge in [-0.25, -0.2) is 0 Å². The minimum absolute atomic E-state index is 0.0431. The first-order valence-electron chi connectivity index (χ1n) is 9.89. The van der Waals surface area contributed by atoms with Gasteiger partial charge in [-0.3, -0.25) is 14.9 Å². The van der Waals surface area contributed by atoms with Gasteiger partial charge in [0.25, 0.3) is 5.69 Å². The lowest BCUT2D eigenvalue weighted by Gasteiger charge is -2.30. The maximum Gasteiger partial charge on any atom is 0.416 e. The third-order valence-electron chi connectivity index (χ3n) is 5.27. The van der Waals surface area contributed by atoms with E-state index in [9.17, 15) is 28.1 Å². The molecule has 0 radical (unpaired) electrons. The largest absolute Gasteiger partial charge is 0.416 e. The summed E-state index contributed by atoms with van der Waals surface area (Å²) in [7, 11) is 0. The van der Waals surface area contributed by atoms with Crippen LogP contribution in [0.15, 0.2) is 18.2 Å². The number of quaternary nitrogens is 1. The second kappa shape index (κ2) is 10.4. The zero-order valence-corrected chi connectivity index (χ0v) is 16.5. The Balaban J connectivity index is 1.73. The SMILES string of the molecule is C[C@H]1CCCC[NH+]1CCCNC(=O)CCNc1ccc(C(F)(F)F)cc1[N+](=O)[O-]. The highest BCUT2D eigenvalue weighted by molar-refractivity contribution is 5.76. The van der Waals surface area contributed by atoms with Crippen molar-refractivity contribution in [1.29, 1.82) is 0 Å². The molecule has 0 aliphatic carbocycles. The molecule has 0 spiro atoms. The number of carbonyl (C=O) groups excluding carboxylic acids is 1. The molecule has 1 amide bonds. The molecule has 0 bridgehead atoms. The number of alkyl halides is 3. The molecule has 3 N–H and O–H groups in total. The van der Waals surface area contributed by atoms with E-state index in [1.54, 1.807) is 4.90 Å². The first-order valence-corrected chi connectivity index (χ1v) is 9.89. The van der Waals surface area contributed by atoms with E-state index in [-0.39, 0.29) is 24.6 Å². The number of nitrogens with one attached hydrogen (secondary N) is 3. The smallest absolute Gasteiger partial charge is 0.379 e. The Morgan fingerprint density at radius 3 is 2.72 bits per heavy atom. The van der Waals surface area contributed by atoms with E-state index in [1.807, 2.05) is 0 Å². The highest BCUT2D eigenvalue weighted by Gasteiger charge is 2.33. The van der Waals surface area contributed by atoms with E-state index in [0.717, 1.165) is 25.1 Å². The van der Waals surface area contributed by atoms with Gasteiger partial charge in [0.15, 0.2) is 0 Å². The number of nitrogens with zero attached hydrogens (tertiary/aromatic N) is 1. The van der Waals surface area contributed by atoms with Crippen molar-refractivity contribution in [3.63, 3.8) is 0 Å². The van der Waals surface area contributed by atoms with Gasteiger partial charge in [-0.1, -0.05) is 0 Å². The summed E-state index contributed by atoms with van der Waals surface area (Å²) in [6.07, 6.45) is 0.0635. The lowest BCUT2D eigenvalue weighted by molar-refractivity contribution is -0.928. The number of halogens is 3. The van der Waals surface area contributed by atoms with Crippen LogP contribution in [0.3, 0.4) is 0 Å². The summed E-state index contributed by atoms with van der Waals surface area (Å²) < 4.78 is 38.1. The number of amides is 1. The minimum atomic E-state index is -4.66. The van der Waals surface area contributed by atoms with Crippen molar-refractivity contribution in [2.75, 3.05) is 31.5 Å². The average molecular weight is 417 g/mol. The van der Waals surface area contributed by atoms with Crippen LogP contribution in [0.5, 0.6) is 0 Å². The van der Waals surface area contributed by atoms with Crippen LogP contribution in [0.1, 0.15) is 44.6 Å². The van der Waals surface area contributed by atoms with Gasteiger partial charge in [-0.2, -0.15) is 13.2 Å². The van der Waals surface area contributed by atoms with Crippen molar-refractivity contribution in [3.05, 3.63) is 33.9 Å². The summed E-state index contributed by atoms with van der Waals surface area (Å²) in [6, 6.07) is 2.94.